The third-order valence-corrected chi connectivity index (χ3v) is 7.37. The van der Waals surface area contributed by atoms with Gasteiger partial charge in [-0.1, -0.05) is 48.5 Å². The van der Waals surface area contributed by atoms with Crippen LogP contribution in [0.2, 0.25) is 0 Å². The van der Waals surface area contributed by atoms with Crippen LogP contribution in [-0.2, 0) is 11.3 Å². The van der Waals surface area contributed by atoms with Crippen LogP contribution in [0.25, 0.3) is 11.3 Å². The molecule has 4 heterocycles. The van der Waals surface area contributed by atoms with Crippen LogP contribution in [0.3, 0.4) is 0 Å². The van der Waals surface area contributed by atoms with Crippen molar-refractivity contribution in [2.24, 2.45) is 0 Å². The summed E-state index contributed by atoms with van der Waals surface area (Å²) < 4.78 is 11.6. The molecule has 2 aromatic carbocycles. The monoisotopic (exact) mass is 555 g/mol. The molecular weight excluding hydrogens is 522 g/mol. The Kier molecular flexibility index (Phi) is 8.06. The molecule has 2 aliphatic rings. The van der Waals surface area contributed by atoms with Gasteiger partial charge in [-0.25, -0.2) is 0 Å². The third kappa shape index (κ3) is 6.35. The number of nitrogens with zero attached hydrogens (tertiary/aromatic N) is 5. The van der Waals surface area contributed by atoms with Crippen molar-refractivity contribution in [1.82, 2.24) is 15.3 Å². The minimum absolute atomic E-state index is 0.441. The van der Waals surface area contributed by atoms with Gasteiger partial charge in [-0.2, -0.15) is 9.97 Å². The minimum Gasteiger partial charge on any atom is -0.459 e. The molecule has 0 aliphatic carbocycles. The zero-order chi connectivity index (χ0) is 27.1. The number of rotatable bonds is 7. The number of piperazine rings is 1. The maximum absolute atomic E-state index is 6.00. The zero-order valence-corrected chi connectivity index (χ0v) is 23.1. The molecular formula is C30H33N7O2S. The Morgan fingerprint density at radius 3 is 2.08 bits per heavy atom. The fourth-order valence-corrected chi connectivity index (χ4v) is 5.13. The number of ether oxygens (including phenoxy) is 1. The standard InChI is InChI=1S/C30H33N7O2S/c40-30(31-22-25-11-12-26(39-25)23-7-3-1-4-8-23)34-29-32-27(21-28(33-29)37-17-19-38-20-18-37)36-15-13-35(14-16-36)24-9-5-2-6-10-24/h1-12,21H,13-20,22H2,(H2,31,32,33,34,40). The fraction of sp³-hybridized carbons (Fsp3) is 0.300. The summed E-state index contributed by atoms with van der Waals surface area (Å²) in [6, 6.07) is 26.6. The molecule has 4 aromatic rings. The van der Waals surface area contributed by atoms with Crippen molar-refractivity contribution in [1.29, 1.82) is 0 Å². The number of morpholine rings is 1. The number of benzene rings is 2. The Balaban J connectivity index is 1.13. The summed E-state index contributed by atoms with van der Waals surface area (Å²) in [4.78, 5) is 16.7. The van der Waals surface area contributed by atoms with Gasteiger partial charge in [-0.05, 0) is 36.5 Å². The van der Waals surface area contributed by atoms with Gasteiger partial charge in [-0.3, -0.25) is 0 Å². The van der Waals surface area contributed by atoms with E-state index in [0.717, 1.165) is 68.0 Å². The first-order valence-electron chi connectivity index (χ1n) is 13.7. The van der Waals surface area contributed by atoms with E-state index in [4.69, 9.17) is 31.3 Å². The second kappa shape index (κ2) is 12.4. The SMILES string of the molecule is S=C(NCc1ccc(-c2ccccc2)o1)Nc1nc(N2CCOCC2)cc(N2CCN(c3ccccc3)CC2)n1. The molecule has 2 N–H and O–H groups in total. The number of para-hydroxylation sites is 1. The van der Waals surface area contributed by atoms with Crippen molar-refractivity contribution in [3.05, 3.63) is 84.6 Å². The highest BCUT2D eigenvalue weighted by Crippen LogP contribution is 2.25. The number of aromatic nitrogens is 2. The lowest BCUT2D eigenvalue weighted by Gasteiger charge is -2.37. The van der Waals surface area contributed by atoms with E-state index in [-0.39, 0.29) is 0 Å². The Morgan fingerprint density at radius 2 is 1.38 bits per heavy atom. The van der Waals surface area contributed by atoms with Gasteiger partial charge in [0.25, 0.3) is 0 Å². The third-order valence-electron chi connectivity index (χ3n) is 7.13. The largest absolute Gasteiger partial charge is 0.459 e. The molecule has 2 aromatic heterocycles. The topological polar surface area (TPSA) is 81.9 Å². The van der Waals surface area contributed by atoms with Gasteiger partial charge < -0.3 is 34.5 Å². The highest BCUT2D eigenvalue weighted by Gasteiger charge is 2.22. The first kappa shape index (κ1) is 26.1. The summed E-state index contributed by atoms with van der Waals surface area (Å²) in [5, 5.41) is 6.87. The number of anilines is 4. The fourth-order valence-electron chi connectivity index (χ4n) is 4.97. The van der Waals surface area contributed by atoms with Crippen molar-refractivity contribution in [3.63, 3.8) is 0 Å². The van der Waals surface area contributed by atoms with Crippen LogP contribution in [0.1, 0.15) is 5.76 Å². The van der Waals surface area contributed by atoms with Gasteiger partial charge in [0.15, 0.2) is 5.11 Å². The Hall–Kier alpha value is -4.15. The van der Waals surface area contributed by atoms with E-state index in [1.165, 1.54) is 5.69 Å². The average molecular weight is 556 g/mol. The Bertz CT molecular complexity index is 1400. The lowest BCUT2D eigenvalue weighted by molar-refractivity contribution is 0.122. The van der Waals surface area contributed by atoms with Crippen molar-refractivity contribution in [2.45, 2.75) is 6.54 Å². The molecule has 0 amide bonds. The molecule has 10 heteroatoms. The molecule has 40 heavy (non-hydrogen) atoms. The van der Waals surface area contributed by atoms with Crippen LogP contribution in [0, 0.1) is 0 Å². The molecule has 206 valence electrons. The average Bonchev–Trinajstić information content (AvgIpc) is 3.51. The van der Waals surface area contributed by atoms with Gasteiger partial charge in [0.05, 0.1) is 19.8 Å². The van der Waals surface area contributed by atoms with E-state index < -0.39 is 0 Å². The normalized spacial score (nSPS) is 15.7. The van der Waals surface area contributed by atoms with Crippen LogP contribution >= 0.6 is 12.2 Å². The van der Waals surface area contributed by atoms with Crippen molar-refractivity contribution < 1.29 is 9.15 Å². The molecule has 0 bridgehead atoms. The highest BCUT2D eigenvalue weighted by atomic mass is 32.1. The predicted octanol–water partition coefficient (Wildman–Crippen LogP) is 4.39. The predicted molar refractivity (Wildman–Crippen MR) is 163 cm³/mol. The molecule has 0 saturated carbocycles. The summed E-state index contributed by atoms with van der Waals surface area (Å²) in [6.45, 7) is 7.02. The lowest BCUT2D eigenvalue weighted by atomic mass is 10.2. The maximum Gasteiger partial charge on any atom is 0.232 e. The number of hydrogen-bond acceptors (Lipinski definition) is 8. The molecule has 0 unspecified atom stereocenters. The molecule has 0 atom stereocenters. The van der Waals surface area contributed by atoms with Crippen molar-refractivity contribution >= 4 is 40.6 Å². The van der Waals surface area contributed by atoms with Crippen molar-refractivity contribution in [2.75, 3.05) is 72.5 Å². The number of hydrogen-bond donors (Lipinski definition) is 2. The van der Waals surface area contributed by atoms with E-state index in [1.54, 1.807) is 0 Å². The Labute approximate surface area is 239 Å². The van der Waals surface area contributed by atoms with Gasteiger partial charge >= 0.3 is 0 Å². The summed E-state index contributed by atoms with van der Waals surface area (Å²) >= 11 is 5.61. The quantitative estimate of drug-likeness (QED) is 0.321. The van der Waals surface area contributed by atoms with E-state index in [2.05, 4.69) is 61.7 Å². The molecule has 0 radical (unpaired) electrons. The summed E-state index contributed by atoms with van der Waals surface area (Å²) in [7, 11) is 0. The van der Waals surface area contributed by atoms with Crippen LogP contribution in [0.5, 0.6) is 0 Å². The lowest BCUT2D eigenvalue weighted by Crippen LogP contribution is -2.47. The van der Waals surface area contributed by atoms with E-state index in [0.29, 0.717) is 30.8 Å². The molecule has 2 aliphatic heterocycles. The maximum atomic E-state index is 6.00. The summed E-state index contributed by atoms with van der Waals surface area (Å²) in [5.74, 6) is 3.87. The number of thiocarbonyl (C=S) groups is 1. The van der Waals surface area contributed by atoms with Gasteiger partial charge in [0, 0.05) is 56.6 Å². The smallest absolute Gasteiger partial charge is 0.232 e. The van der Waals surface area contributed by atoms with E-state index in [9.17, 15) is 0 Å². The highest BCUT2D eigenvalue weighted by molar-refractivity contribution is 7.80. The summed E-state index contributed by atoms with van der Waals surface area (Å²) in [6.07, 6.45) is 0. The summed E-state index contributed by atoms with van der Waals surface area (Å²) in [5.41, 5.74) is 2.30. The molecule has 2 saturated heterocycles. The second-order valence-electron chi connectivity index (χ2n) is 9.76. The van der Waals surface area contributed by atoms with E-state index >= 15 is 0 Å². The molecule has 0 spiro atoms. The molecule has 6 rings (SSSR count). The van der Waals surface area contributed by atoms with Gasteiger partial charge in [0.1, 0.15) is 23.2 Å². The van der Waals surface area contributed by atoms with Crippen LogP contribution < -0.4 is 25.3 Å². The second-order valence-corrected chi connectivity index (χ2v) is 10.2. The van der Waals surface area contributed by atoms with E-state index in [1.807, 2.05) is 42.5 Å². The number of nitrogens with one attached hydrogen (secondary N) is 2. The Morgan fingerprint density at radius 1 is 0.750 bits per heavy atom. The van der Waals surface area contributed by atoms with Crippen LogP contribution in [-0.4, -0.2) is 67.6 Å². The first-order valence-corrected chi connectivity index (χ1v) is 14.1. The number of furan rings is 1. The van der Waals surface area contributed by atoms with Gasteiger partial charge in [0.2, 0.25) is 5.95 Å². The molecule has 9 nitrogen and oxygen atoms in total. The van der Waals surface area contributed by atoms with Crippen molar-refractivity contribution in [3.8, 4) is 11.3 Å². The first-order chi connectivity index (χ1) is 19.7. The van der Waals surface area contributed by atoms with Crippen LogP contribution in [0.15, 0.2) is 83.3 Å². The molecule has 2 fully saturated rings. The zero-order valence-electron chi connectivity index (χ0n) is 22.3. The minimum atomic E-state index is 0.441. The van der Waals surface area contributed by atoms with Gasteiger partial charge in [-0.15, -0.1) is 0 Å². The van der Waals surface area contributed by atoms with Crippen LogP contribution in [0.4, 0.5) is 23.3 Å².